The molecule has 2 atom stereocenters. The van der Waals surface area contributed by atoms with E-state index in [1.807, 2.05) is 30.3 Å². The number of likely N-dealkylation sites (tertiary alicyclic amines) is 1. The standard InChI is InChI=1S/C19H22N4O2/c1-21-10-15(9-20-21)18-16(7-8-17(24)22(18)2)19(25)23-11-13-5-3-4-6-14(13)12-23/h3-6,9-10,16,18H,7-8,11-12H2,1-2H3/t16-,18-/m0/s1. The van der Waals surface area contributed by atoms with E-state index in [1.165, 1.54) is 11.1 Å². The Hall–Kier alpha value is -2.63. The van der Waals surface area contributed by atoms with Crippen molar-refractivity contribution in [2.45, 2.75) is 32.0 Å². The fourth-order valence-electron chi connectivity index (χ4n) is 4.07. The number of amides is 2. The Morgan fingerprint density at radius 1 is 1.16 bits per heavy atom. The third-order valence-corrected chi connectivity index (χ3v) is 5.40. The van der Waals surface area contributed by atoms with Crippen molar-refractivity contribution in [1.82, 2.24) is 19.6 Å². The Labute approximate surface area is 147 Å². The van der Waals surface area contributed by atoms with Crippen LogP contribution in [0.4, 0.5) is 0 Å². The van der Waals surface area contributed by atoms with Gasteiger partial charge in [-0.15, -0.1) is 0 Å². The zero-order valence-corrected chi connectivity index (χ0v) is 14.6. The van der Waals surface area contributed by atoms with Gasteiger partial charge in [-0.1, -0.05) is 24.3 Å². The monoisotopic (exact) mass is 338 g/mol. The van der Waals surface area contributed by atoms with E-state index in [1.54, 1.807) is 22.8 Å². The third-order valence-electron chi connectivity index (χ3n) is 5.40. The van der Waals surface area contributed by atoms with Crippen LogP contribution in [0.2, 0.25) is 0 Å². The van der Waals surface area contributed by atoms with Gasteiger partial charge in [-0.3, -0.25) is 14.3 Å². The van der Waals surface area contributed by atoms with Gasteiger partial charge in [-0.05, 0) is 17.5 Å². The summed E-state index contributed by atoms with van der Waals surface area (Å²) < 4.78 is 1.72. The summed E-state index contributed by atoms with van der Waals surface area (Å²) in [5.74, 6) is -0.00627. The first kappa shape index (κ1) is 15.9. The van der Waals surface area contributed by atoms with Gasteiger partial charge in [0.25, 0.3) is 0 Å². The molecule has 0 saturated carbocycles. The Kier molecular flexibility index (Phi) is 3.82. The number of aromatic nitrogens is 2. The number of piperidine rings is 1. The number of fused-ring (bicyclic) bond motifs is 1. The van der Waals surface area contributed by atoms with E-state index in [2.05, 4.69) is 17.2 Å². The van der Waals surface area contributed by atoms with Crippen LogP contribution in [0.5, 0.6) is 0 Å². The fourth-order valence-corrected chi connectivity index (χ4v) is 4.07. The lowest BCUT2D eigenvalue weighted by molar-refractivity contribution is -0.147. The zero-order chi connectivity index (χ0) is 17.6. The zero-order valence-electron chi connectivity index (χ0n) is 14.6. The van der Waals surface area contributed by atoms with Crippen LogP contribution in [0.25, 0.3) is 0 Å². The van der Waals surface area contributed by atoms with Gasteiger partial charge >= 0.3 is 0 Å². The van der Waals surface area contributed by atoms with Crippen LogP contribution < -0.4 is 0 Å². The normalized spacial score (nSPS) is 23.0. The van der Waals surface area contributed by atoms with E-state index in [-0.39, 0.29) is 23.8 Å². The van der Waals surface area contributed by atoms with Crippen molar-refractivity contribution in [1.29, 1.82) is 0 Å². The molecular formula is C19H22N4O2. The van der Waals surface area contributed by atoms with E-state index in [9.17, 15) is 9.59 Å². The quantitative estimate of drug-likeness (QED) is 0.840. The summed E-state index contributed by atoms with van der Waals surface area (Å²) in [6, 6.07) is 7.94. The maximum Gasteiger partial charge on any atom is 0.228 e. The van der Waals surface area contributed by atoms with Crippen LogP contribution in [0, 0.1) is 5.92 Å². The topological polar surface area (TPSA) is 58.4 Å². The molecule has 2 aromatic rings. The van der Waals surface area contributed by atoms with E-state index >= 15 is 0 Å². The molecule has 0 bridgehead atoms. The minimum atomic E-state index is -0.244. The predicted molar refractivity (Wildman–Crippen MR) is 92.1 cm³/mol. The second-order valence-corrected chi connectivity index (χ2v) is 7.00. The fraction of sp³-hybridized carbons (Fsp3) is 0.421. The molecule has 130 valence electrons. The van der Waals surface area contributed by atoms with Crippen LogP contribution in [0.3, 0.4) is 0 Å². The van der Waals surface area contributed by atoms with E-state index < -0.39 is 0 Å². The summed E-state index contributed by atoms with van der Waals surface area (Å²) in [5.41, 5.74) is 3.36. The highest BCUT2D eigenvalue weighted by Gasteiger charge is 2.42. The number of nitrogens with zero attached hydrogens (tertiary/aromatic N) is 4. The van der Waals surface area contributed by atoms with Crippen LogP contribution in [0.1, 0.15) is 35.6 Å². The molecule has 6 heteroatoms. The van der Waals surface area contributed by atoms with Gasteiger partial charge in [0.1, 0.15) is 0 Å². The summed E-state index contributed by atoms with van der Waals surface area (Å²) in [5, 5.41) is 4.23. The highest BCUT2D eigenvalue weighted by atomic mass is 16.2. The van der Waals surface area contributed by atoms with Crippen molar-refractivity contribution in [3.8, 4) is 0 Å². The largest absolute Gasteiger partial charge is 0.338 e. The number of aryl methyl sites for hydroxylation is 1. The molecule has 3 heterocycles. The molecule has 1 aromatic carbocycles. The number of hydrogen-bond donors (Lipinski definition) is 0. The van der Waals surface area contributed by atoms with Crippen molar-refractivity contribution >= 4 is 11.8 Å². The van der Waals surface area contributed by atoms with Crippen LogP contribution >= 0.6 is 0 Å². The first-order chi connectivity index (χ1) is 12.0. The number of carbonyl (C=O) groups excluding carboxylic acids is 2. The number of hydrogen-bond acceptors (Lipinski definition) is 3. The van der Waals surface area contributed by atoms with Crippen molar-refractivity contribution in [2.75, 3.05) is 7.05 Å². The van der Waals surface area contributed by atoms with Gasteiger partial charge in [0, 0.05) is 45.4 Å². The summed E-state index contributed by atoms with van der Waals surface area (Å²) in [4.78, 5) is 29.1. The molecule has 4 rings (SSSR count). The Balaban J connectivity index is 1.61. The first-order valence-electron chi connectivity index (χ1n) is 8.64. The maximum atomic E-state index is 13.3. The molecule has 1 saturated heterocycles. The lowest BCUT2D eigenvalue weighted by atomic mass is 9.84. The SMILES string of the molecule is CN1C(=O)CC[C@H](C(=O)N2Cc3ccccc3C2)[C@@H]1c1cnn(C)c1. The van der Waals surface area contributed by atoms with E-state index in [4.69, 9.17) is 0 Å². The summed E-state index contributed by atoms with van der Waals surface area (Å²) in [6.07, 6.45) is 4.68. The Morgan fingerprint density at radius 3 is 2.44 bits per heavy atom. The van der Waals surface area contributed by atoms with Crippen molar-refractivity contribution in [2.24, 2.45) is 13.0 Å². The van der Waals surface area contributed by atoms with Gasteiger partial charge in [-0.2, -0.15) is 5.10 Å². The molecular weight excluding hydrogens is 316 g/mol. The van der Waals surface area contributed by atoms with Gasteiger partial charge in [0.2, 0.25) is 11.8 Å². The minimum absolute atomic E-state index is 0.0858. The lowest BCUT2D eigenvalue weighted by Gasteiger charge is -2.39. The molecule has 2 aliphatic rings. The molecule has 0 N–H and O–H groups in total. The van der Waals surface area contributed by atoms with E-state index in [0.29, 0.717) is 25.9 Å². The van der Waals surface area contributed by atoms with Crippen LogP contribution in [-0.2, 0) is 29.7 Å². The summed E-state index contributed by atoms with van der Waals surface area (Å²) in [7, 11) is 3.64. The first-order valence-corrected chi connectivity index (χ1v) is 8.64. The molecule has 25 heavy (non-hydrogen) atoms. The molecule has 1 aromatic heterocycles. The van der Waals surface area contributed by atoms with Gasteiger partial charge in [0.05, 0.1) is 18.2 Å². The smallest absolute Gasteiger partial charge is 0.228 e. The average Bonchev–Trinajstić information content (AvgIpc) is 3.22. The molecule has 2 aliphatic heterocycles. The number of rotatable bonds is 2. The average molecular weight is 338 g/mol. The highest BCUT2D eigenvalue weighted by Crippen LogP contribution is 2.38. The molecule has 0 radical (unpaired) electrons. The van der Waals surface area contributed by atoms with E-state index in [0.717, 1.165) is 5.56 Å². The van der Waals surface area contributed by atoms with Crippen molar-refractivity contribution in [3.05, 3.63) is 53.3 Å². The molecule has 1 fully saturated rings. The predicted octanol–water partition coefficient (Wildman–Crippen LogP) is 1.87. The van der Waals surface area contributed by atoms with Crippen molar-refractivity contribution in [3.63, 3.8) is 0 Å². The Bertz CT molecular complexity index is 803. The number of carbonyl (C=O) groups is 2. The summed E-state index contributed by atoms with van der Waals surface area (Å²) in [6.45, 7) is 1.31. The van der Waals surface area contributed by atoms with Crippen LogP contribution in [-0.4, -0.2) is 38.4 Å². The van der Waals surface area contributed by atoms with Crippen molar-refractivity contribution < 1.29 is 9.59 Å². The molecule has 0 aliphatic carbocycles. The molecule has 0 spiro atoms. The number of benzene rings is 1. The van der Waals surface area contributed by atoms with Crippen LogP contribution in [0.15, 0.2) is 36.7 Å². The van der Waals surface area contributed by atoms with Gasteiger partial charge in [0.15, 0.2) is 0 Å². The van der Waals surface area contributed by atoms with Gasteiger partial charge < -0.3 is 9.80 Å². The Morgan fingerprint density at radius 2 is 1.84 bits per heavy atom. The van der Waals surface area contributed by atoms with Gasteiger partial charge in [-0.25, -0.2) is 0 Å². The lowest BCUT2D eigenvalue weighted by Crippen LogP contribution is -2.46. The molecule has 0 unspecified atom stereocenters. The second kappa shape index (κ2) is 6.02. The third kappa shape index (κ3) is 2.71. The highest BCUT2D eigenvalue weighted by molar-refractivity contribution is 5.85. The maximum absolute atomic E-state index is 13.3. The summed E-state index contributed by atoms with van der Waals surface area (Å²) >= 11 is 0. The molecule has 2 amide bonds. The minimum Gasteiger partial charge on any atom is -0.338 e. The second-order valence-electron chi connectivity index (χ2n) is 7.00. The molecule has 6 nitrogen and oxygen atoms in total.